The first kappa shape index (κ1) is 119. The van der Waals surface area contributed by atoms with Crippen LogP contribution < -0.4 is 65.3 Å². The largest absolute Gasteiger partial charge is 0.489 e. The quantitative estimate of drug-likeness (QED) is 0.0378. The lowest BCUT2D eigenvalue weighted by Crippen LogP contribution is -2.55. The summed E-state index contributed by atoms with van der Waals surface area (Å²) in [7, 11) is 0. The van der Waals surface area contributed by atoms with E-state index in [4.69, 9.17) is 121 Å². The van der Waals surface area contributed by atoms with E-state index in [0.29, 0.717) is 182 Å². The van der Waals surface area contributed by atoms with Gasteiger partial charge in [0, 0.05) is 188 Å². The molecular weight excluding hydrogens is 2360 g/mol. The van der Waals surface area contributed by atoms with Crippen molar-refractivity contribution < 1.29 is 88.5 Å². The van der Waals surface area contributed by atoms with Crippen LogP contribution in [0.4, 0.5) is 53.0 Å². The number of H-pyrrole nitrogens is 2. The monoisotopic (exact) mass is 2460 g/mol. The van der Waals surface area contributed by atoms with Gasteiger partial charge in [-0.25, -0.2) is 45.5 Å². The minimum Gasteiger partial charge on any atom is -0.489 e. The van der Waals surface area contributed by atoms with Crippen LogP contribution in [0.3, 0.4) is 0 Å². The number of nitrogens with one attached hydrogen (secondary N) is 7. The summed E-state index contributed by atoms with van der Waals surface area (Å²) in [5, 5.41) is 51.0. The third-order valence-electron chi connectivity index (χ3n) is 22.7. The van der Waals surface area contributed by atoms with Gasteiger partial charge in [-0.2, -0.15) is 15.8 Å². The van der Waals surface area contributed by atoms with E-state index in [1.54, 1.807) is 38.6 Å². The number of halogens is 16. The molecule has 780 valence electrons. The number of nitrogens with zero attached hydrogens (tertiary/aromatic N) is 7. The van der Waals surface area contributed by atoms with E-state index in [1.165, 1.54) is 22.8 Å². The number of primary amides is 1. The van der Waals surface area contributed by atoms with Gasteiger partial charge in [0.2, 0.25) is 0 Å². The fraction of sp³-hybridized carbons (Fsp3) is 0.511. The molecule has 8 saturated heterocycles. The van der Waals surface area contributed by atoms with Crippen LogP contribution in [0.1, 0.15) is 158 Å². The molecule has 0 bridgehead atoms. The van der Waals surface area contributed by atoms with Crippen molar-refractivity contribution in [2.24, 2.45) is 11.5 Å². The molecule has 49 heteroatoms. The summed E-state index contributed by atoms with van der Waals surface area (Å²) in [5.74, 6) is -5.18. The third-order valence-corrected chi connectivity index (χ3v) is 28.5. The molecule has 8 fully saturated rings. The zero-order valence-corrected chi connectivity index (χ0v) is 91.2. The van der Waals surface area contributed by atoms with E-state index in [0.717, 1.165) is 76.7 Å². The first-order valence-corrected chi connectivity index (χ1v) is 51.8. The van der Waals surface area contributed by atoms with E-state index in [1.807, 2.05) is 53.7 Å². The molecule has 12 N–H and O–H groups in total. The topological polar surface area (TPSA) is 454 Å². The highest BCUT2D eigenvalue weighted by Crippen LogP contribution is 2.41. The minimum atomic E-state index is -0.848. The number of aliphatic hydroxyl groups is 1. The number of amides is 3. The van der Waals surface area contributed by atoms with E-state index >= 15 is 0 Å². The highest BCUT2D eigenvalue weighted by atomic mass is 79.9. The Labute approximate surface area is 891 Å². The summed E-state index contributed by atoms with van der Waals surface area (Å²) in [6.07, 6.45) is 8.98. The van der Waals surface area contributed by atoms with Crippen LogP contribution in [-0.2, 0) is 37.9 Å². The SMILES string of the molecule is CC(C)(C)OC(=O)N1CCN[C@H](CO)C1.CC(C)(C)OC(=O)N1CCN[C@H](COc2c(Cl)c(Br)cc3c2c(=O)[nH]c(=O)n3C2CCOCC2)C1.N#Cc1c(F)cc(Br)cc1F.N#Cc1c(F)cc(Br)cc1NC1CCOCC1.N#Cc1c(NC2CCOCC2)cc(Br)c(Cl)c1F.NC(=O)c1c(NC2CCOCC2)cc(Br)c(Cl)c1F.NC1CCOCC1.O=c1[nH]c(=O)n(C2CCOCC2)c2cc(Br)c(Cl)c(F)c12. The van der Waals surface area contributed by atoms with Gasteiger partial charge in [-0.05, 0) is 231 Å². The Kier molecular flexibility index (Phi) is 47.3. The summed E-state index contributed by atoms with van der Waals surface area (Å²) in [4.78, 5) is 93.2. The molecule has 8 aliphatic rings. The second-order valence-electron chi connectivity index (χ2n) is 35.5. The zero-order valence-electron chi connectivity index (χ0n) is 78.7. The number of aliphatic hydroxyl groups excluding tert-OH is 1. The molecule has 6 aromatic carbocycles. The van der Waals surface area contributed by atoms with E-state index < -0.39 is 80.1 Å². The lowest BCUT2D eigenvalue weighted by Gasteiger charge is -2.34. The van der Waals surface area contributed by atoms with Gasteiger partial charge in [0.15, 0.2) is 23.2 Å². The van der Waals surface area contributed by atoms with Gasteiger partial charge in [0.25, 0.3) is 17.0 Å². The van der Waals surface area contributed by atoms with Crippen molar-refractivity contribution in [3.8, 4) is 24.0 Å². The predicted molar refractivity (Wildman–Crippen MR) is 552 cm³/mol. The molecule has 10 heterocycles. The molecule has 8 aromatic rings. The maximum Gasteiger partial charge on any atom is 0.410 e. The van der Waals surface area contributed by atoms with Gasteiger partial charge < -0.3 is 95.6 Å². The third kappa shape index (κ3) is 34.9. The van der Waals surface area contributed by atoms with Crippen LogP contribution in [0, 0.1) is 68.9 Å². The number of piperazine rings is 2. The lowest BCUT2D eigenvalue weighted by molar-refractivity contribution is 0.0165. The maximum atomic E-state index is 14.3. The van der Waals surface area contributed by atoms with Crippen LogP contribution in [0.25, 0.3) is 21.8 Å². The average Bonchev–Trinajstić information content (AvgIpc) is 0.860. The van der Waals surface area contributed by atoms with Gasteiger partial charge >= 0.3 is 23.6 Å². The molecule has 0 aliphatic carbocycles. The number of benzene rings is 6. The summed E-state index contributed by atoms with van der Waals surface area (Å²) in [5.41, 5.74) is 8.70. The lowest BCUT2D eigenvalue weighted by atomic mass is 10.1. The number of hydrogen-bond acceptors (Lipinski definition) is 26. The van der Waals surface area contributed by atoms with E-state index in [-0.39, 0.29) is 131 Å². The van der Waals surface area contributed by atoms with Crippen molar-refractivity contribution in [1.82, 2.24) is 39.5 Å². The molecule has 3 amide bonds. The zero-order chi connectivity index (χ0) is 105. The smallest absolute Gasteiger partial charge is 0.410 e. The summed E-state index contributed by atoms with van der Waals surface area (Å²) < 4.78 is 135. The fourth-order valence-corrected chi connectivity index (χ4v) is 18.6. The van der Waals surface area contributed by atoms with Crippen molar-refractivity contribution in [3.63, 3.8) is 0 Å². The molecule has 0 unspecified atom stereocenters. The molecular formula is C94H110Br6Cl4F6N16O17. The van der Waals surface area contributed by atoms with Crippen LogP contribution in [0.2, 0.25) is 20.1 Å². The number of fused-ring (bicyclic) bond motifs is 2. The second kappa shape index (κ2) is 57.0. The second-order valence-corrected chi connectivity index (χ2v) is 42.2. The van der Waals surface area contributed by atoms with Gasteiger partial charge in [-0.1, -0.05) is 78.3 Å². The Morgan fingerprint density at radius 3 is 1.24 bits per heavy atom. The highest BCUT2D eigenvalue weighted by Gasteiger charge is 2.34. The summed E-state index contributed by atoms with van der Waals surface area (Å²) in [6, 6.07) is 17.1. The molecule has 0 radical (unpaired) electrons. The molecule has 2 aromatic heterocycles. The number of nitriles is 3. The number of carbonyl (C=O) groups is 3. The van der Waals surface area contributed by atoms with Crippen molar-refractivity contribution >= 4 is 199 Å². The van der Waals surface area contributed by atoms with Crippen molar-refractivity contribution in [1.29, 1.82) is 15.8 Å². The summed E-state index contributed by atoms with van der Waals surface area (Å²) >= 11 is 42.9. The minimum absolute atomic E-state index is 0.0359. The number of nitrogens with two attached hydrogens (primary N) is 2. The number of aromatic nitrogens is 4. The standard InChI is InChI=1S/C23H30BrClN4O6.C13H11BrClFN2O3.C12H13BrClFN2O2.C12H11BrClFN2O.C12H12BrFN2O.C10H20N2O3.C7H2BrF2N.C5H11NO/c1-23(2,3)35-22(32)28-7-6-26-13(11-28)12-34-19-17-16(10-15(24)18(19)25)29(21(31)27-20(17)30)14-4-8-33-9-5-14;14-7-5-8-9(11(16)10(7)15)12(19)17-13(20)18(8)6-1-3-21-4-2-6;13-7-5-8(17-6-1-3-19-4-2-6)9(12(16)18)11(15)10(7)14;13-9-5-10(8(6-16)12(15)11(9)14)17-7-1-3-18-4-2-7;13-8-5-11(14)10(7-15)12(6-8)16-9-1-3-17-4-2-9;1-10(2,3)15-9(14)12-5-4-11-8(6-12)7-13;8-4-1-6(9)5(3-11)7(10)2-4;6-5-1-3-7-4-2-5/h10,13-14,26H,4-9,11-12H2,1-3H3,(H,27,30,31);5-6H,1-4H2,(H,17,19,20);5-6,17H,1-4H2,(H2,16,18);5,7,17H,1-4H2;5-6,9,16H,1-4H2;8,11,13H,4-7H2,1-3H3;1-2H;5H,1-4,6H2/t13-;;;;;8-;;/m0....0../s1. The van der Waals surface area contributed by atoms with Crippen molar-refractivity contribution in [2.45, 2.75) is 178 Å². The van der Waals surface area contributed by atoms with Gasteiger partial charge in [-0.3, -0.25) is 33.5 Å². The molecule has 143 heavy (non-hydrogen) atoms. The van der Waals surface area contributed by atoms with Crippen LogP contribution in [-0.4, -0.2) is 231 Å². The van der Waals surface area contributed by atoms with E-state index in [2.05, 4.69) is 132 Å². The van der Waals surface area contributed by atoms with E-state index in [9.17, 15) is 59.9 Å². The van der Waals surface area contributed by atoms with Gasteiger partial charge in [0.05, 0.1) is 66.4 Å². The highest BCUT2D eigenvalue weighted by molar-refractivity contribution is 9.11. The van der Waals surface area contributed by atoms with Crippen LogP contribution in [0.5, 0.6) is 5.75 Å². The van der Waals surface area contributed by atoms with Crippen molar-refractivity contribution in [3.05, 3.63) is 194 Å². The molecule has 0 spiro atoms. The summed E-state index contributed by atoms with van der Waals surface area (Å²) in [6.45, 7) is 22.4. The van der Waals surface area contributed by atoms with Crippen LogP contribution >= 0.6 is 142 Å². The first-order chi connectivity index (χ1) is 67.8. The van der Waals surface area contributed by atoms with Gasteiger partial charge in [0.1, 0.15) is 80.9 Å². The number of rotatable bonds is 13. The molecule has 16 rings (SSSR count). The number of anilines is 3. The number of aromatic amines is 2. The fourth-order valence-electron chi connectivity index (χ4n) is 15.6. The predicted octanol–water partition coefficient (Wildman–Crippen LogP) is 18.2. The number of ether oxygens (including phenoxy) is 9. The Hall–Kier alpha value is -7.90. The van der Waals surface area contributed by atoms with Crippen LogP contribution in [0.15, 0.2) is 94.5 Å². The average molecular weight is 2470 g/mol. The Morgan fingerprint density at radius 1 is 0.476 bits per heavy atom. The molecule has 8 aliphatic heterocycles. The first-order valence-electron chi connectivity index (χ1n) is 45.5. The maximum absolute atomic E-state index is 14.3. The molecule has 33 nitrogen and oxygen atoms in total. The Morgan fingerprint density at radius 2 is 0.825 bits per heavy atom. The Bertz CT molecular complexity index is 6120. The molecule has 0 saturated carbocycles. The normalized spacial score (nSPS) is 17.8. The van der Waals surface area contributed by atoms with Gasteiger partial charge in [-0.15, -0.1) is 0 Å². The Balaban J connectivity index is 0.000000189. The number of carbonyl (C=O) groups excluding carboxylic acids is 3. The molecule has 2 atom stereocenters. The van der Waals surface area contributed by atoms with Crippen molar-refractivity contribution in [2.75, 3.05) is 148 Å². The number of hydrogen-bond donors (Lipinski definition) is 10.